The molecule has 0 saturated carbocycles. The summed E-state index contributed by atoms with van der Waals surface area (Å²) >= 11 is 1.35. The molecule has 0 fully saturated rings. The standard InChI is InChI=1S/C35H37F4N5O2S.C4H6O6/c1-3-42(4-2)18-19-43(21-25-10-17-30(40-20-25)26-11-13-27(14-12-26)35(37,38)39)32(45)22-44-31-7-5-6-29(31)33(46)41-34(44)47-23-24-8-15-28(36)16-9-24;5-1(3(7)8)2(6)4(9)10/h8-17,20H,3-7,18-19,21-23H2,1-2H3;1-2,5-6H,(H,7,8)(H,9,10). The van der Waals surface area contributed by atoms with Gasteiger partial charge < -0.3 is 34.8 Å². The third kappa shape index (κ3) is 12.4. The maximum atomic E-state index is 14.1. The fourth-order valence-electron chi connectivity index (χ4n) is 5.93. The van der Waals surface area contributed by atoms with Gasteiger partial charge in [-0.3, -0.25) is 14.6 Å². The zero-order chi connectivity index (χ0) is 41.9. The Balaban J connectivity index is 0.000000635. The normalized spacial score (nSPS) is 13.4. The van der Waals surface area contributed by atoms with Crippen LogP contribution in [0.5, 0.6) is 0 Å². The number of carboxylic acids is 2. The van der Waals surface area contributed by atoms with Crippen LogP contribution in [-0.4, -0.2) is 101 Å². The van der Waals surface area contributed by atoms with Crippen LogP contribution in [0.2, 0.25) is 0 Å². The van der Waals surface area contributed by atoms with E-state index in [1.54, 1.807) is 29.3 Å². The summed E-state index contributed by atoms with van der Waals surface area (Å²) in [6, 6.07) is 14.6. The summed E-state index contributed by atoms with van der Waals surface area (Å²) in [6.07, 6.45) is -5.18. The molecule has 1 aliphatic carbocycles. The number of pyridine rings is 1. The van der Waals surface area contributed by atoms with Gasteiger partial charge in [-0.05, 0) is 73.8 Å². The number of aliphatic hydroxyl groups excluding tert-OH is 2. The molecule has 2 heterocycles. The quantitative estimate of drug-likeness (QED) is 0.0707. The van der Waals surface area contributed by atoms with Gasteiger partial charge in [0.1, 0.15) is 12.4 Å². The number of benzene rings is 2. The lowest BCUT2D eigenvalue weighted by molar-refractivity contribution is -0.165. The zero-order valence-corrected chi connectivity index (χ0v) is 32.0. The molecular formula is C39H43F4N5O8S. The summed E-state index contributed by atoms with van der Waals surface area (Å²) in [6.45, 7) is 7.24. The van der Waals surface area contributed by atoms with Gasteiger partial charge in [-0.15, -0.1) is 0 Å². The first kappa shape index (κ1) is 44.5. The number of carboxylic acid groups (broad SMARTS) is 2. The van der Waals surface area contributed by atoms with Gasteiger partial charge in [0.2, 0.25) is 5.91 Å². The first-order chi connectivity index (χ1) is 27.0. The Morgan fingerprint density at radius 2 is 1.49 bits per heavy atom. The predicted octanol–water partition coefficient (Wildman–Crippen LogP) is 4.49. The molecule has 0 spiro atoms. The summed E-state index contributed by atoms with van der Waals surface area (Å²) in [7, 11) is 0. The highest BCUT2D eigenvalue weighted by atomic mass is 32.2. The van der Waals surface area contributed by atoms with E-state index in [2.05, 4.69) is 28.7 Å². The Labute approximate surface area is 329 Å². The highest BCUT2D eigenvalue weighted by Gasteiger charge is 2.31. The molecule has 0 bridgehead atoms. The second-order valence-corrected chi connectivity index (χ2v) is 14.0. The van der Waals surface area contributed by atoms with Gasteiger partial charge in [0, 0.05) is 48.4 Å². The molecule has 13 nitrogen and oxygen atoms in total. The predicted molar refractivity (Wildman–Crippen MR) is 202 cm³/mol. The Hall–Kier alpha value is -5.17. The number of alkyl halides is 3. The SMILES string of the molecule is CCN(CC)CCN(Cc1ccc(-c2ccc(C(F)(F)F)cc2)nc1)C(=O)Cn1c(SCc2ccc(F)cc2)nc(=O)c2c1CCC2.O=C(O)C(O)C(O)C(=O)O. The number of halogens is 4. The largest absolute Gasteiger partial charge is 0.479 e. The fraction of sp³-hybridized carbons (Fsp3) is 0.385. The van der Waals surface area contributed by atoms with Gasteiger partial charge in [-0.2, -0.15) is 18.2 Å². The highest BCUT2D eigenvalue weighted by molar-refractivity contribution is 7.98. The molecule has 0 aliphatic heterocycles. The van der Waals surface area contributed by atoms with E-state index in [9.17, 15) is 36.7 Å². The lowest BCUT2D eigenvalue weighted by Crippen LogP contribution is -2.40. The van der Waals surface area contributed by atoms with E-state index < -0.39 is 35.9 Å². The van der Waals surface area contributed by atoms with Gasteiger partial charge in [0.25, 0.3) is 5.56 Å². The highest BCUT2D eigenvalue weighted by Crippen LogP contribution is 2.31. The maximum absolute atomic E-state index is 14.1. The second kappa shape index (κ2) is 20.3. The third-order valence-corrected chi connectivity index (χ3v) is 10.3. The minimum absolute atomic E-state index is 0.0106. The number of carbonyl (C=O) groups is 3. The van der Waals surface area contributed by atoms with Crippen molar-refractivity contribution in [3.8, 4) is 11.3 Å². The Kier molecular flexibility index (Phi) is 15.9. The minimum atomic E-state index is -4.41. The number of likely N-dealkylation sites (N-methyl/N-ethyl adjacent to an activating group) is 1. The van der Waals surface area contributed by atoms with Crippen LogP contribution in [0.25, 0.3) is 11.3 Å². The van der Waals surface area contributed by atoms with Crippen molar-refractivity contribution in [1.29, 1.82) is 0 Å². The van der Waals surface area contributed by atoms with Crippen LogP contribution < -0.4 is 5.56 Å². The van der Waals surface area contributed by atoms with Crippen molar-refractivity contribution in [2.45, 2.75) is 75.5 Å². The van der Waals surface area contributed by atoms with Crippen molar-refractivity contribution < 1.29 is 52.4 Å². The van der Waals surface area contributed by atoms with Crippen LogP contribution >= 0.6 is 11.8 Å². The molecule has 4 N–H and O–H groups in total. The number of aromatic nitrogens is 3. The molecule has 0 saturated heterocycles. The summed E-state index contributed by atoms with van der Waals surface area (Å²) in [5, 5.41) is 33.0. The Morgan fingerprint density at radius 1 is 0.877 bits per heavy atom. The van der Waals surface area contributed by atoms with Crippen LogP contribution in [0.15, 0.2) is 76.8 Å². The van der Waals surface area contributed by atoms with Gasteiger partial charge in [0.15, 0.2) is 17.4 Å². The van der Waals surface area contributed by atoms with E-state index in [4.69, 9.17) is 20.4 Å². The number of fused-ring (bicyclic) bond motifs is 1. The van der Waals surface area contributed by atoms with E-state index in [0.717, 1.165) is 48.5 Å². The van der Waals surface area contributed by atoms with E-state index in [0.29, 0.717) is 53.7 Å². The Bertz CT molecular complexity index is 2030. The second-order valence-electron chi connectivity index (χ2n) is 13.0. The maximum Gasteiger partial charge on any atom is 0.416 e. The molecule has 5 rings (SSSR count). The van der Waals surface area contributed by atoms with Crippen molar-refractivity contribution in [3.05, 3.63) is 111 Å². The van der Waals surface area contributed by atoms with Gasteiger partial charge in [-0.1, -0.05) is 55.9 Å². The number of nitrogens with zero attached hydrogens (tertiary/aromatic N) is 5. The summed E-state index contributed by atoms with van der Waals surface area (Å²) in [4.78, 5) is 59.4. The van der Waals surface area contributed by atoms with E-state index in [-0.39, 0.29) is 30.4 Å². The number of rotatable bonds is 16. The van der Waals surface area contributed by atoms with Crippen molar-refractivity contribution in [3.63, 3.8) is 0 Å². The van der Waals surface area contributed by atoms with Crippen molar-refractivity contribution in [2.24, 2.45) is 0 Å². The minimum Gasteiger partial charge on any atom is -0.479 e. The molecule has 306 valence electrons. The molecule has 57 heavy (non-hydrogen) atoms. The number of hydrogen-bond donors (Lipinski definition) is 4. The number of thioether (sulfide) groups is 1. The lowest BCUT2D eigenvalue weighted by Gasteiger charge is -2.28. The first-order valence-corrected chi connectivity index (χ1v) is 18.9. The van der Waals surface area contributed by atoms with Crippen molar-refractivity contribution in [2.75, 3.05) is 26.2 Å². The molecule has 2 aromatic carbocycles. The van der Waals surface area contributed by atoms with Gasteiger partial charge in [-0.25, -0.2) is 14.0 Å². The molecule has 0 radical (unpaired) electrons. The average molecular weight is 818 g/mol. The molecule has 1 aliphatic rings. The molecule has 1 amide bonds. The van der Waals surface area contributed by atoms with Crippen LogP contribution in [-0.2, 0) is 52.2 Å². The average Bonchev–Trinajstić information content (AvgIpc) is 3.69. The number of hydrogen-bond acceptors (Lipinski definition) is 10. The number of carbonyl (C=O) groups excluding carboxylic acids is 1. The van der Waals surface area contributed by atoms with Crippen molar-refractivity contribution >= 4 is 29.6 Å². The van der Waals surface area contributed by atoms with E-state index >= 15 is 0 Å². The summed E-state index contributed by atoms with van der Waals surface area (Å²) < 4.78 is 54.3. The Morgan fingerprint density at radius 3 is 2.04 bits per heavy atom. The van der Waals surface area contributed by atoms with Crippen LogP contribution in [0.4, 0.5) is 17.6 Å². The molecule has 2 unspecified atom stereocenters. The summed E-state index contributed by atoms with van der Waals surface area (Å²) in [5.41, 5.74) is 3.25. The zero-order valence-electron chi connectivity index (χ0n) is 31.2. The molecule has 2 atom stereocenters. The number of aliphatic carboxylic acids is 2. The summed E-state index contributed by atoms with van der Waals surface area (Å²) in [5.74, 6) is -3.54. The van der Waals surface area contributed by atoms with E-state index in [1.807, 2.05) is 10.6 Å². The van der Waals surface area contributed by atoms with Crippen LogP contribution in [0.1, 0.15) is 48.2 Å². The number of amides is 1. The smallest absolute Gasteiger partial charge is 0.416 e. The fourth-order valence-corrected chi connectivity index (χ4v) is 6.89. The van der Waals surface area contributed by atoms with Gasteiger partial charge in [0.05, 0.1) is 11.3 Å². The van der Waals surface area contributed by atoms with E-state index in [1.165, 1.54) is 36.0 Å². The molecule has 18 heteroatoms. The lowest BCUT2D eigenvalue weighted by atomic mass is 10.1. The monoisotopic (exact) mass is 817 g/mol. The van der Waals surface area contributed by atoms with Crippen molar-refractivity contribution in [1.82, 2.24) is 24.3 Å². The van der Waals surface area contributed by atoms with Crippen LogP contribution in [0, 0.1) is 5.82 Å². The first-order valence-electron chi connectivity index (χ1n) is 18.0. The third-order valence-electron chi connectivity index (χ3n) is 9.22. The van der Waals surface area contributed by atoms with Gasteiger partial charge >= 0.3 is 18.1 Å². The topological polar surface area (TPSA) is 186 Å². The molecule has 2 aromatic heterocycles. The number of aliphatic hydroxyl groups is 2. The molecule has 4 aromatic rings. The van der Waals surface area contributed by atoms with Crippen LogP contribution in [0.3, 0.4) is 0 Å². The molecular weight excluding hydrogens is 775 g/mol.